The first kappa shape index (κ1) is 15.2. The Bertz CT molecular complexity index is 342. The summed E-state index contributed by atoms with van der Waals surface area (Å²) in [4.78, 5) is 25.6. The standard InChI is InChI=1S/C14H26N2O2/c1-7-15-10(13(2,3)4)9-16-11(17)8-14(5,6)12(16)18/h10,15H,7-9H2,1-6H3. The molecule has 0 aliphatic carbocycles. The molecule has 1 rings (SSSR count). The molecule has 0 radical (unpaired) electrons. The molecule has 1 fully saturated rings. The summed E-state index contributed by atoms with van der Waals surface area (Å²) in [7, 11) is 0. The number of likely N-dealkylation sites (N-methyl/N-ethyl adjacent to an activating group) is 1. The van der Waals surface area contributed by atoms with Crippen LogP contribution in [0, 0.1) is 10.8 Å². The minimum Gasteiger partial charge on any atom is -0.312 e. The van der Waals surface area contributed by atoms with Crippen LogP contribution in [0.5, 0.6) is 0 Å². The van der Waals surface area contributed by atoms with Gasteiger partial charge in [-0.2, -0.15) is 0 Å². The molecular formula is C14H26N2O2. The normalized spacial score (nSPS) is 21.6. The zero-order valence-corrected chi connectivity index (χ0v) is 12.5. The van der Waals surface area contributed by atoms with Crippen LogP contribution >= 0.6 is 0 Å². The van der Waals surface area contributed by atoms with Crippen LogP contribution in [-0.2, 0) is 9.59 Å². The van der Waals surface area contributed by atoms with E-state index < -0.39 is 5.41 Å². The second-order valence-electron chi connectivity index (χ2n) is 6.85. The molecule has 0 aromatic rings. The maximum atomic E-state index is 12.2. The van der Waals surface area contributed by atoms with Crippen molar-refractivity contribution < 1.29 is 9.59 Å². The third-order valence-electron chi connectivity index (χ3n) is 3.58. The second-order valence-corrected chi connectivity index (χ2v) is 6.85. The molecule has 1 aliphatic heterocycles. The summed E-state index contributed by atoms with van der Waals surface area (Å²) in [5.41, 5.74) is -0.519. The zero-order chi connectivity index (χ0) is 14.1. The fraction of sp³-hybridized carbons (Fsp3) is 0.857. The van der Waals surface area contributed by atoms with Gasteiger partial charge in [0.2, 0.25) is 11.8 Å². The number of amides is 2. The predicted octanol–water partition coefficient (Wildman–Crippen LogP) is 1.80. The Balaban J connectivity index is 2.82. The quantitative estimate of drug-likeness (QED) is 0.778. The maximum Gasteiger partial charge on any atom is 0.235 e. The van der Waals surface area contributed by atoms with Gasteiger partial charge in [-0.3, -0.25) is 14.5 Å². The number of rotatable bonds is 4. The fourth-order valence-corrected chi connectivity index (χ4v) is 2.29. The molecule has 1 atom stereocenters. The molecule has 1 unspecified atom stereocenters. The van der Waals surface area contributed by atoms with Crippen LogP contribution in [0.25, 0.3) is 0 Å². The average Bonchev–Trinajstić information content (AvgIpc) is 2.38. The Morgan fingerprint density at radius 2 is 1.89 bits per heavy atom. The van der Waals surface area contributed by atoms with Crippen LogP contribution in [0.4, 0.5) is 0 Å². The summed E-state index contributed by atoms with van der Waals surface area (Å²) < 4.78 is 0. The van der Waals surface area contributed by atoms with E-state index in [1.165, 1.54) is 4.90 Å². The van der Waals surface area contributed by atoms with Crippen LogP contribution < -0.4 is 5.32 Å². The van der Waals surface area contributed by atoms with Crippen LogP contribution in [0.2, 0.25) is 0 Å². The molecular weight excluding hydrogens is 228 g/mol. The molecule has 0 saturated carbocycles. The minimum absolute atomic E-state index is 0.0172. The van der Waals surface area contributed by atoms with Gasteiger partial charge in [0.15, 0.2) is 0 Å². The van der Waals surface area contributed by atoms with Gasteiger partial charge in [-0.25, -0.2) is 0 Å². The topological polar surface area (TPSA) is 49.4 Å². The first-order chi connectivity index (χ1) is 8.09. The van der Waals surface area contributed by atoms with Crippen molar-refractivity contribution in [2.24, 2.45) is 10.8 Å². The summed E-state index contributed by atoms with van der Waals surface area (Å²) in [6.45, 7) is 13.4. The molecule has 1 heterocycles. The van der Waals surface area contributed by atoms with E-state index in [9.17, 15) is 9.59 Å². The zero-order valence-electron chi connectivity index (χ0n) is 12.5. The molecule has 4 heteroatoms. The van der Waals surface area contributed by atoms with Crippen molar-refractivity contribution in [3.05, 3.63) is 0 Å². The fourth-order valence-electron chi connectivity index (χ4n) is 2.29. The SMILES string of the molecule is CCNC(CN1C(=O)CC(C)(C)C1=O)C(C)(C)C. The van der Waals surface area contributed by atoms with Crippen molar-refractivity contribution >= 4 is 11.8 Å². The predicted molar refractivity (Wildman–Crippen MR) is 72.0 cm³/mol. The molecule has 2 amide bonds. The molecule has 0 bridgehead atoms. The van der Waals surface area contributed by atoms with E-state index in [-0.39, 0.29) is 23.3 Å². The number of nitrogens with one attached hydrogen (secondary N) is 1. The molecule has 1 saturated heterocycles. The molecule has 1 aliphatic rings. The second kappa shape index (κ2) is 5.00. The maximum absolute atomic E-state index is 12.2. The van der Waals surface area contributed by atoms with E-state index in [0.29, 0.717) is 13.0 Å². The van der Waals surface area contributed by atoms with Crippen molar-refractivity contribution in [1.29, 1.82) is 0 Å². The third kappa shape index (κ3) is 3.10. The highest BCUT2D eigenvalue weighted by Gasteiger charge is 2.46. The van der Waals surface area contributed by atoms with Crippen molar-refractivity contribution in [3.8, 4) is 0 Å². The van der Waals surface area contributed by atoms with Crippen LogP contribution in [-0.4, -0.2) is 35.8 Å². The number of hydrogen-bond acceptors (Lipinski definition) is 3. The van der Waals surface area contributed by atoms with E-state index in [2.05, 4.69) is 26.1 Å². The molecule has 0 aromatic heterocycles. The number of carbonyl (C=O) groups excluding carboxylic acids is 2. The lowest BCUT2D eigenvalue weighted by Crippen LogP contribution is -2.50. The van der Waals surface area contributed by atoms with Crippen LogP contribution in [0.1, 0.15) is 48.0 Å². The smallest absolute Gasteiger partial charge is 0.235 e. The number of hydrogen-bond donors (Lipinski definition) is 1. The summed E-state index contributed by atoms with van der Waals surface area (Å²) >= 11 is 0. The van der Waals surface area contributed by atoms with E-state index >= 15 is 0 Å². The largest absolute Gasteiger partial charge is 0.312 e. The Morgan fingerprint density at radius 1 is 1.33 bits per heavy atom. The van der Waals surface area contributed by atoms with Gasteiger partial charge in [0.05, 0.1) is 5.41 Å². The number of imide groups is 1. The number of nitrogens with zero attached hydrogens (tertiary/aromatic N) is 1. The van der Waals surface area contributed by atoms with Crippen LogP contribution in [0.3, 0.4) is 0 Å². The average molecular weight is 254 g/mol. The molecule has 104 valence electrons. The Labute approximate surface area is 110 Å². The number of likely N-dealkylation sites (tertiary alicyclic amines) is 1. The van der Waals surface area contributed by atoms with Gasteiger partial charge in [-0.15, -0.1) is 0 Å². The van der Waals surface area contributed by atoms with Gasteiger partial charge < -0.3 is 5.32 Å². The first-order valence-electron chi connectivity index (χ1n) is 6.68. The Hall–Kier alpha value is -0.900. The lowest BCUT2D eigenvalue weighted by Gasteiger charge is -2.34. The van der Waals surface area contributed by atoms with Gasteiger partial charge in [0, 0.05) is 19.0 Å². The summed E-state index contributed by atoms with van der Waals surface area (Å²) in [6, 6.07) is 0.129. The van der Waals surface area contributed by atoms with E-state index in [0.717, 1.165) is 6.54 Å². The van der Waals surface area contributed by atoms with Gasteiger partial charge in [0.1, 0.15) is 0 Å². The van der Waals surface area contributed by atoms with E-state index in [1.54, 1.807) is 0 Å². The number of carbonyl (C=O) groups is 2. The van der Waals surface area contributed by atoms with Gasteiger partial charge in [0.25, 0.3) is 0 Å². The van der Waals surface area contributed by atoms with Crippen molar-refractivity contribution in [2.45, 2.75) is 54.0 Å². The van der Waals surface area contributed by atoms with Crippen molar-refractivity contribution in [1.82, 2.24) is 10.2 Å². The third-order valence-corrected chi connectivity index (χ3v) is 3.58. The van der Waals surface area contributed by atoms with Crippen molar-refractivity contribution in [2.75, 3.05) is 13.1 Å². The molecule has 0 spiro atoms. The minimum atomic E-state index is -0.536. The van der Waals surface area contributed by atoms with E-state index in [4.69, 9.17) is 0 Å². The van der Waals surface area contributed by atoms with Gasteiger partial charge >= 0.3 is 0 Å². The van der Waals surface area contributed by atoms with Gasteiger partial charge in [-0.1, -0.05) is 41.5 Å². The van der Waals surface area contributed by atoms with Gasteiger partial charge in [-0.05, 0) is 12.0 Å². The lowest BCUT2D eigenvalue weighted by atomic mass is 9.86. The summed E-state index contributed by atoms with van der Waals surface area (Å²) in [6.07, 6.45) is 0.328. The molecule has 4 nitrogen and oxygen atoms in total. The monoisotopic (exact) mass is 254 g/mol. The highest BCUT2D eigenvalue weighted by atomic mass is 16.2. The molecule has 18 heavy (non-hydrogen) atoms. The molecule has 1 N–H and O–H groups in total. The lowest BCUT2D eigenvalue weighted by molar-refractivity contribution is -0.141. The summed E-state index contributed by atoms with van der Waals surface area (Å²) in [5.74, 6) is -0.0863. The van der Waals surface area contributed by atoms with Crippen molar-refractivity contribution in [3.63, 3.8) is 0 Å². The first-order valence-corrected chi connectivity index (χ1v) is 6.68. The Morgan fingerprint density at radius 3 is 2.22 bits per heavy atom. The van der Waals surface area contributed by atoms with E-state index in [1.807, 2.05) is 20.8 Å². The highest BCUT2D eigenvalue weighted by molar-refractivity contribution is 6.05. The highest BCUT2D eigenvalue weighted by Crippen LogP contribution is 2.32. The van der Waals surface area contributed by atoms with Crippen LogP contribution in [0.15, 0.2) is 0 Å². The Kier molecular flexibility index (Phi) is 4.21. The molecule has 0 aromatic carbocycles. The summed E-state index contributed by atoms with van der Waals surface area (Å²) in [5, 5.41) is 3.37.